The number of hydrogen-bond donors (Lipinski definition) is 1. The Bertz CT molecular complexity index is 1380. The predicted molar refractivity (Wildman–Crippen MR) is 127 cm³/mol. The standard InChI is InChI=1S/C22H22Cl2FN5O3S/c1-29-21(7-8-27-29)34(32,33)13-20(31)26-11-19(25)17-4-2-3-14-10-28-30(22(14)17)12-15-5-6-16(23)9-18(15)24/h5-10H,2-4,11-13H2,1H3,(H,26,31)/b19-17-. The molecule has 0 bridgehead atoms. The molecule has 2 aromatic heterocycles. The highest BCUT2D eigenvalue weighted by Crippen LogP contribution is 2.34. The molecule has 180 valence electrons. The van der Waals surface area contributed by atoms with Gasteiger partial charge in [-0.25, -0.2) is 12.8 Å². The van der Waals surface area contributed by atoms with Crippen LogP contribution in [0.4, 0.5) is 4.39 Å². The fourth-order valence-electron chi connectivity index (χ4n) is 3.97. The number of hydrogen-bond acceptors (Lipinski definition) is 5. The van der Waals surface area contributed by atoms with E-state index in [1.807, 2.05) is 0 Å². The van der Waals surface area contributed by atoms with Gasteiger partial charge >= 0.3 is 0 Å². The van der Waals surface area contributed by atoms with Gasteiger partial charge in [0.2, 0.25) is 15.7 Å². The highest BCUT2D eigenvalue weighted by Gasteiger charge is 2.25. The number of amides is 1. The molecule has 2 heterocycles. The minimum atomic E-state index is -3.89. The van der Waals surface area contributed by atoms with Crippen LogP contribution >= 0.6 is 23.2 Å². The first-order valence-electron chi connectivity index (χ1n) is 10.5. The maximum absolute atomic E-state index is 15.2. The van der Waals surface area contributed by atoms with Gasteiger partial charge in [0.25, 0.3) is 0 Å². The van der Waals surface area contributed by atoms with E-state index in [4.69, 9.17) is 23.2 Å². The topological polar surface area (TPSA) is 98.9 Å². The summed E-state index contributed by atoms with van der Waals surface area (Å²) in [6, 6.07) is 6.47. The van der Waals surface area contributed by atoms with Crippen LogP contribution in [0.5, 0.6) is 0 Å². The number of nitrogens with one attached hydrogen (secondary N) is 1. The number of nitrogens with zero attached hydrogens (tertiary/aromatic N) is 4. The lowest BCUT2D eigenvalue weighted by molar-refractivity contribution is -0.118. The Morgan fingerprint density at radius 3 is 2.71 bits per heavy atom. The van der Waals surface area contributed by atoms with Gasteiger partial charge in [0.05, 0.1) is 31.2 Å². The highest BCUT2D eigenvalue weighted by atomic mass is 35.5. The van der Waals surface area contributed by atoms with E-state index in [9.17, 15) is 13.2 Å². The third-order valence-corrected chi connectivity index (χ3v) is 7.86. The summed E-state index contributed by atoms with van der Waals surface area (Å²) in [5, 5.41) is 11.5. The quantitative estimate of drug-likeness (QED) is 0.508. The predicted octanol–water partition coefficient (Wildman–Crippen LogP) is 3.58. The van der Waals surface area contributed by atoms with Crippen LogP contribution in [0.1, 0.15) is 29.7 Å². The summed E-state index contributed by atoms with van der Waals surface area (Å²) in [6.45, 7) is -0.0845. The van der Waals surface area contributed by atoms with Gasteiger partial charge in [-0.15, -0.1) is 0 Å². The molecule has 0 saturated carbocycles. The summed E-state index contributed by atoms with van der Waals surface area (Å²) >= 11 is 12.3. The van der Waals surface area contributed by atoms with E-state index >= 15 is 4.39 Å². The Labute approximate surface area is 206 Å². The molecule has 1 aromatic carbocycles. The molecule has 0 spiro atoms. The number of benzene rings is 1. The van der Waals surface area contributed by atoms with Gasteiger partial charge < -0.3 is 5.32 Å². The molecule has 0 aliphatic heterocycles. The Hall–Kier alpha value is -2.69. The molecule has 1 N–H and O–H groups in total. The van der Waals surface area contributed by atoms with E-state index in [1.165, 1.54) is 24.0 Å². The van der Waals surface area contributed by atoms with Crippen LogP contribution in [-0.2, 0) is 34.6 Å². The SMILES string of the molecule is Cn1nccc1S(=O)(=O)CC(=O)NC/C(F)=C1\CCCc2cnn(Cc3ccc(Cl)cc3Cl)c21. The monoisotopic (exact) mass is 525 g/mol. The van der Waals surface area contributed by atoms with Crippen LogP contribution in [0.3, 0.4) is 0 Å². The third kappa shape index (κ3) is 5.18. The molecule has 1 amide bonds. The lowest BCUT2D eigenvalue weighted by Gasteiger charge is -2.19. The summed E-state index contributed by atoms with van der Waals surface area (Å²) in [5.74, 6) is -2.13. The Kier molecular flexibility index (Phi) is 7.11. The van der Waals surface area contributed by atoms with Crippen molar-refractivity contribution in [2.45, 2.75) is 30.8 Å². The van der Waals surface area contributed by atoms with E-state index in [1.54, 1.807) is 29.1 Å². The second-order valence-corrected chi connectivity index (χ2v) is 10.8. The average molecular weight is 526 g/mol. The van der Waals surface area contributed by atoms with Gasteiger partial charge in [-0.1, -0.05) is 29.3 Å². The fourth-order valence-corrected chi connectivity index (χ4v) is 5.75. The molecule has 34 heavy (non-hydrogen) atoms. The molecule has 1 aliphatic rings. The molecule has 8 nitrogen and oxygen atoms in total. The lowest BCUT2D eigenvalue weighted by Crippen LogP contribution is -2.32. The maximum Gasteiger partial charge on any atom is 0.235 e. The lowest BCUT2D eigenvalue weighted by atomic mass is 9.92. The Balaban J connectivity index is 1.51. The van der Waals surface area contributed by atoms with Crippen molar-refractivity contribution in [3.05, 3.63) is 69.4 Å². The largest absolute Gasteiger partial charge is 0.349 e. The molecular weight excluding hydrogens is 504 g/mol. The van der Waals surface area contributed by atoms with E-state index in [2.05, 4.69) is 15.5 Å². The zero-order valence-electron chi connectivity index (χ0n) is 18.3. The van der Waals surface area contributed by atoms with Gasteiger partial charge in [0.1, 0.15) is 11.6 Å². The molecule has 0 unspecified atom stereocenters. The Morgan fingerprint density at radius 1 is 1.21 bits per heavy atom. The smallest absolute Gasteiger partial charge is 0.235 e. The van der Waals surface area contributed by atoms with Gasteiger partial charge in [-0.3, -0.25) is 14.2 Å². The number of aryl methyl sites for hydroxylation is 2. The van der Waals surface area contributed by atoms with E-state index in [0.717, 1.165) is 24.0 Å². The molecule has 3 aromatic rings. The molecular formula is C22H22Cl2FN5O3S. The zero-order chi connectivity index (χ0) is 24.5. The zero-order valence-corrected chi connectivity index (χ0v) is 20.6. The van der Waals surface area contributed by atoms with Gasteiger partial charge in [0, 0.05) is 22.7 Å². The summed E-state index contributed by atoms with van der Waals surface area (Å²) in [5.41, 5.74) is 2.80. The number of carbonyl (C=O) groups is 1. The van der Waals surface area contributed by atoms with Crippen molar-refractivity contribution in [2.75, 3.05) is 12.3 Å². The number of aromatic nitrogens is 4. The van der Waals surface area contributed by atoms with Gasteiger partial charge in [0.15, 0.2) is 5.03 Å². The maximum atomic E-state index is 15.2. The number of halogens is 3. The highest BCUT2D eigenvalue weighted by molar-refractivity contribution is 7.92. The van der Waals surface area contributed by atoms with Gasteiger partial charge in [-0.05, 0) is 48.6 Å². The second-order valence-electron chi connectivity index (χ2n) is 7.98. The van der Waals surface area contributed by atoms with Crippen LogP contribution in [0.25, 0.3) is 5.57 Å². The van der Waals surface area contributed by atoms with Crippen molar-refractivity contribution in [3.63, 3.8) is 0 Å². The van der Waals surface area contributed by atoms with E-state index < -0.39 is 33.9 Å². The normalized spacial score (nSPS) is 15.2. The van der Waals surface area contributed by atoms with Gasteiger partial charge in [-0.2, -0.15) is 10.2 Å². The number of sulfone groups is 1. The van der Waals surface area contributed by atoms with Crippen molar-refractivity contribution in [3.8, 4) is 0 Å². The van der Waals surface area contributed by atoms with Crippen LogP contribution < -0.4 is 5.32 Å². The molecule has 1 aliphatic carbocycles. The minimum Gasteiger partial charge on any atom is -0.349 e. The molecule has 0 radical (unpaired) electrons. The summed E-state index contributed by atoms with van der Waals surface area (Å²) < 4.78 is 42.9. The molecule has 0 atom stereocenters. The van der Waals surface area contributed by atoms with Crippen LogP contribution in [0.15, 0.2) is 47.5 Å². The van der Waals surface area contributed by atoms with Crippen molar-refractivity contribution in [1.29, 1.82) is 0 Å². The first kappa shape index (κ1) is 24.4. The van der Waals surface area contributed by atoms with E-state index in [-0.39, 0.29) is 5.03 Å². The van der Waals surface area contributed by atoms with Crippen molar-refractivity contribution in [2.24, 2.45) is 7.05 Å². The number of fused-ring (bicyclic) bond motifs is 1. The van der Waals surface area contributed by atoms with Crippen LogP contribution in [0.2, 0.25) is 10.0 Å². The molecule has 12 heteroatoms. The van der Waals surface area contributed by atoms with Crippen LogP contribution in [-0.4, -0.2) is 46.2 Å². The fraction of sp³-hybridized carbons (Fsp3) is 0.318. The minimum absolute atomic E-state index is 0.0804. The average Bonchev–Trinajstić information content (AvgIpc) is 3.40. The Morgan fingerprint density at radius 2 is 2.00 bits per heavy atom. The third-order valence-electron chi connectivity index (χ3n) is 5.59. The first-order chi connectivity index (χ1) is 16.2. The first-order valence-corrected chi connectivity index (χ1v) is 12.9. The molecule has 0 fully saturated rings. The van der Waals surface area contributed by atoms with Crippen molar-refractivity contribution in [1.82, 2.24) is 24.9 Å². The summed E-state index contributed by atoms with van der Waals surface area (Å²) in [4.78, 5) is 12.3. The van der Waals surface area contributed by atoms with Crippen LogP contribution in [0, 0.1) is 0 Å². The summed E-state index contributed by atoms with van der Waals surface area (Å²) in [7, 11) is -2.43. The molecule has 4 rings (SSSR count). The number of carbonyl (C=O) groups excluding carboxylic acids is 1. The number of allylic oxidation sites excluding steroid dienone is 1. The summed E-state index contributed by atoms with van der Waals surface area (Å²) in [6.07, 6.45) is 5.02. The van der Waals surface area contributed by atoms with Crippen molar-refractivity contribution < 1.29 is 17.6 Å². The number of rotatable bonds is 7. The molecule has 0 saturated heterocycles. The second kappa shape index (κ2) is 9.89. The van der Waals surface area contributed by atoms with E-state index in [0.29, 0.717) is 34.3 Å². The van der Waals surface area contributed by atoms with Crippen molar-refractivity contribution >= 4 is 44.5 Å².